The lowest BCUT2D eigenvalue weighted by atomic mass is 10.5. The van der Waals surface area contributed by atoms with Crippen molar-refractivity contribution in [3.8, 4) is 0 Å². The van der Waals surface area contributed by atoms with Gasteiger partial charge in [-0.15, -0.1) is 0 Å². The third-order valence-electron chi connectivity index (χ3n) is 1.71. The van der Waals surface area contributed by atoms with Crippen LogP contribution in [0.4, 0.5) is 11.6 Å². The predicted molar refractivity (Wildman–Crippen MR) is 64.0 cm³/mol. The van der Waals surface area contributed by atoms with Crippen molar-refractivity contribution >= 4 is 23.4 Å². The number of nitrogen functional groups attached to an aromatic ring is 1. The number of nitrogens with two attached hydrogens (primary N) is 1. The third kappa shape index (κ3) is 4.85. The fourth-order valence-electron chi connectivity index (χ4n) is 0.995. The molecule has 0 amide bonds. The average Bonchev–Trinajstić information content (AvgIpc) is 2.25. The minimum atomic E-state index is 0.261. The van der Waals surface area contributed by atoms with Crippen molar-refractivity contribution in [1.29, 1.82) is 0 Å². The van der Waals surface area contributed by atoms with Crippen molar-refractivity contribution in [3.05, 3.63) is 12.4 Å². The van der Waals surface area contributed by atoms with Gasteiger partial charge in [0.25, 0.3) is 0 Å². The van der Waals surface area contributed by atoms with Crippen molar-refractivity contribution in [2.24, 2.45) is 0 Å². The summed E-state index contributed by atoms with van der Waals surface area (Å²) in [7, 11) is 0. The van der Waals surface area contributed by atoms with Gasteiger partial charge in [0.2, 0.25) is 0 Å². The Morgan fingerprint density at radius 2 is 2.13 bits per heavy atom. The molecule has 0 spiro atoms. The summed E-state index contributed by atoms with van der Waals surface area (Å²) in [6, 6.07) is 0. The Kier molecular flexibility index (Phi) is 5.87. The monoisotopic (exact) mass is 228 g/mol. The van der Waals surface area contributed by atoms with E-state index in [1.54, 1.807) is 24.2 Å². The lowest BCUT2D eigenvalue weighted by Gasteiger charge is -2.06. The van der Waals surface area contributed by atoms with Crippen molar-refractivity contribution in [2.45, 2.75) is 6.42 Å². The van der Waals surface area contributed by atoms with Gasteiger partial charge in [0, 0.05) is 31.3 Å². The van der Waals surface area contributed by atoms with Crippen molar-refractivity contribution in [2.75, 3.05) is 35.7 Å². The fourth-order valence-corrected chi connectivity index (χ4v) is 1.78. The van der Waals surface area contributed by atoms with Gasteiger partial charge in [-0.3, -0.25) is 0 Å². The molecule has 0 bridgehead atoms. The normalized spacial score (nSPS) is 10.2. The Bertz CT molecular complexity index is 285. The number of nitrogens with one attached hydrogen (secondary N) is 1. The second-order valence-corrected chi connectivity index (χ2v) is 4.13. The van der Waals surface area contributed by atoms with Gasteiger partial charge < -0.3 is 16.2 Å². The fraction of sp³-hybridized carbons (Fsp3) is 0.556. The maximum Gasteiger partial charge on any atom is 0.168 e. The molecule has 0 saturated carbocycles. The zero-order valence-electron chi connectivity index (χ0n) is 8.52. The minimum absolute atomic E-state index is 0.261. The Labute approximate surface area is 93.5 Å². The zero-order chi connectivity index (χ0) is 10.9. The van der Waals surface area contributed by atoms with E-state index >= 15 is 0 Å². The molecule has 0 unspecified atom stereocenters. The van der Waals surface area contributed by atoms with Gasteiger partial charge in [-0.1, -0.05) is 0 Å². The zero-order valence-corrected chi connectivity index (χ0v) is 9.33. The molecule has 0 aliphatic carbocycles. The van der Waals surface area contributed by atoms with Crippen LogP contribution in [0.25, 0.3) is 0 Å². The smallest absolute Gasteiger partial charge is 0.168 e. The maximum atomic E-state index is 8.57. The van der Waals surface area contributed by atoms with Crippen molar-refractivity contribution in [3.63, 3.8) is 0 Å². The molecule has 0 radical (unpaired) electrons. The second kappa shape index (κ2) is 7.30. The molecule has 0 atom stereocenters. The highest BCUT2D eigenvalue weighted by molar-refractivity contribution is 7.99. The van der Waals surface area contributed by atoms with Gasteiger partial charge >= 0.3 is 0 Å². The number of aliphatic hydroxyl groups excluding tert-OH is 1. The van der Waals surface area contributed by atoms with E-state index < -0.39 is 0 Å². The van der Waals surface area contributed by atoms with Crippen LogP contribution in [0.15, 0.2) is 12.4 Å². The van der Waals surface area contributed by atoms with E-state index in [0.717, 1.165) is 24.5 Å². The number of aliphatic hydroxyl groups is 1. The standard InChI is InChI=1S/C9H16N4OS/c10-8-9(12-3-2-11-8)13-4-7-15-6-1-5-14/h2-3,14H,1,4-7H2,(H2,10,11)(H,12,13). The molecule has 0 fully saturated rings. The molecule has 1 aromatic rings. The SMILES string of the molecule is Nc1nccnc1NCCSCCCO. The quantitative estimate of drug-likeness (QED) is 0.592. The Morgan fingerprint density at radius 1 is 1.33 bits per heavy atom. The van der Waals surface area contributed by atoms with Crippen LogP contribution < -0.4 is 11.1 Å². The first-order valence-corrected chi connectivity index (χ1v) is 5.99. The number of nitrogens with zero attached hydrogens (tertiary/aromatic N) is 2. The van der Waals surface area contributed by atoms with Gasteiger partial charge in [-0.25, -0.2) is 9.97 Å². The van der Waals surface area contributed by atoms with Crippen LogP contribution in [0.3, 0.4) is 0 Å². The molecule has 1 heterocycles. The highest BCUT2D eigenvalue weighted by Crippen LogP contribution is 2.09. The van der Waals surface area contributed by atoms with Crippen LogP contribution in [0.2, 0.25) is 0 Å². The molecular formula is C9H16N4OS. The molecule has 6 heteroatoms. The predicted octanol–water partition coefficient (Wildman–Crippen LogP) is 0.586. The topological polar surface area (TPSA) is 84.1 Å². The van der Waals surface area contributed by atoms with Gasteiger partial charge in [-0.2, -0.15) is 11.8 Å². The van der Waals surface area contributed by atoms with Crippen LogP contribution in [0.5, 0.6) is 0 Å². The molecule has 0 aliphatic heterocycles. The second-order valence-electron chi connectivity index (χ2n) is 2.91. The lowest BCUT2D eigenvalue weighted by molar-refractivity contribution is 0.296. The summed E-state index contributed by atoms with van der Waals surface area (Å²) < 4.78 is 0. The van der Waals surface area contributed by atoms with Gasteiger partial charge in [0.15, 0.2) is 11.6 Å². The molecule has 84 valence electrons. The Morgan fingerprint density at radius 3 is 2.87 bits per heavy atom. The van der Waals surface area contributed by atoms with E-state index in [-0.39, 0.29) is 6.61 Å². The van der Waals surface area contributed by atoms with E-state index in [1.807, 2.05) is 0 Å². The summed E-state index contributed by atoms with van der Waals surface area (Å²) in [4.78, 5) is 7.98. The maximum absolute atomic E-state index is 8.57. The third-order valence-corrected chi connectivity index (χ3v) is 2.78. The van der Waals surface area contributed by atoms with Crippen LogP contribution in [0.1, 0.15) is 6.42 Å². The molecular weight excluding hydrogens is 212 g/mol. The van der Waals surface area contributed by atoms with E-state index in [4.69, 9.17) is 10.8 Å². The van der Waals surface area contributed by atoms with E-state index in [2.05, 4.69) is 15.3 Å². The number of rotatable bonds is 7. The van der Waals surface area contributed by atoms with Gasteiger partial charge in [0.05, 0.1) is 0 Å². The van der Waals surface area contributed by atoms with Crippen LogP contribution >= 0.6 is 11.8 Å². The molecule has 5 nitrogen and oxygen atoms in total. The molecule has 0 saturated heterocycles. The lowest BCUT2D eigenvalue weighted by Crippen LogP contribution is -2.09. The number of hydrogen-bond acceptors (Lipinski definition) is 6. The molecule has 0 aromatic carbocycles. The summed E-state index contributed by atoms with van der Waals surface area (Å²) in [6.45, 7) is 1.07. The highest BCUT2D eigenvalue weighted by Gasteiger charge is 1.98. The summed E-state index contributed by atoms with van der Waals surface area (Å²) in [6.07, 6.45) is 4.02. The van der Waals surface area contributed by atoms with Crippen molar-refractivity contribution in [1.82, 2.24) is 9.97 Å². The van der Waals surface area contributed by atoms with Gasteiger partial charge in [-0.05, 0) is 12.2 Å². The first kappa shape index (κ1) is 12.1. The summed E-state index contributed by atoms with van der Waals surface area (Å²) in [5.41, 5.74) is 5.61. The molecule has 4 N–H and O–H groups in total. The van der Waals surface area contributed by atoms with E-state index in [1.165, 1.54) is 0 Å². The first-order chi connectivity index (χ1) is 7.34. The largest absolute Gasteiger partial charge is 0.396 e. The van der Waals surface area contributed by atoms with E-state index in [0.29, 0.717) is 11.6 Å². The van der Waals surface area contributed by atoms with Crippen molar-refractivity contribution < 1.29 is 5.11 Å². The summed E-state index contributed by atoms with van der Waals surface area (Å²) >= 11 is 1.79. The van der Waals surface area contributed by atoms with Gasteiger partial charge in [0.1, 0.15) is 0 Å². The summed E-state index contributed by atoms with van der Waals surface area (Å²) in [5, 5.41) is 11.7. The highest BCUT2D eigenvalue weighted by atomic mass is 32.2. The average molecular weight is 228 g/mol. The Balaban J connectivity index is 2.12. The molecule has 1 rings (SSSR count). The molecule has 1 aromatic heterocycles. The van der Waals surface area contributed by atoms with Crippen LogP contribution in [-0.2, 0) is 0 Å². The minimum Gasteiger partial charge on any atom is -0.396 e. The number of aromatic nitrogens is 2. The number of anilines is 2. The number of thioether (sulfide) groups is 1. The Hall–Kier alpha value is -1.01. The molecule has 0 aliphatic rings. The van der Waals surface area contributed by atoms with Crippen LogP contribution in [-0.4, -0.2) is 39.7 Å². The number of hydrogen-bond donors (Lipinski definition) is 3. The summed E-state index contributed by atoms with van der Waals surface area (Å²) in [5.74, 6) is 3.02. The van der Waals surface area contributed by atoms with Crippen LogP contribution in [0, 0.1) is 0 Å². The first-order valence-electron chi connectivity index (χ1n) is 4.83. The molecule has 15 heavy (non-hydrogen) atoms. The van der Waals surface area contributed by atoms with E-state index in [9.17, 15) is 0 Å².